The number of hydrogen-bond acceptors (Lipinski definition) is 7. The van der Waals surface area contributed by atoms with E-state index in [9.17, 15) is 19.7 Å². The molecule has 0 aliphatic heterocycles. The predicted octanol–water partition coefficient (Wildman–Crippen LogP) is 2.83. The number of nitro benzene ring substituents is 1. The molecule has 1 aromatic carbocycles. The summed E-state index contributed by atoms with van der Waals surface area (Å²) < 4.78 is 6.86. The third-order valence-corrected chi connectivity index (χ3v) is 5.86. The molecule has 28 heavy (non-hydrogen) atoms. The second-order valence-corrected chi connectivity index (χ2v) is 7.67. The number of nitrogens with zero attached hydrogens (tertiary/aromatic N) is 3. The number of nitro groups is 1. The van der Waals surface area contributed by atoms with Crippen molar-refractivity contribution in [1.29, 1.82) is 0 Å². The first kappa shape index (κ1) is 18.3. The summed E-state index contributed by atoms with van der Waals surface area (Å²) in [6, 6.07) is 7.42. The number of aryl methyl sites for hydroxylation is 2. The Kier molecular flexibility index (Phi) is 4.91. The van der Waals surface area contributed by atoms with E-state index in [1.54, 1.807) is 16.5 Å². The lowest BCUT2D eigenvalue weighted by Crippen LogP contribution is -2.19. The van der Waals surface area contributed by atoms with Gasteiger partial charge in [0.05, 0.1) is 17.0 Å². The molecule has 0 spiro atoms. The number of esters is 1. The molecule has 4 rings (SSSR count). The highest BCUT2D eigenvalue weighted by atomic mass is 32.1. The van der Waals surface area contributed by atoms with Gasteiger partial charge in [0.2, 0.25) is 0 Å². The summed E-state index contributed by atoms with van der Waals surface area (Å²) in [5.74, 6) is -0.609. The highest BCUT2D eigenvalue weighted by Crippen LogP contribution is 2.28. The zero-order chi connectivity index (χ0) is 19.7. The van der Waals surface area contributed by atoms with Gasteiger partial charge in [-0.05, 0) is 25.7 Å². The minimum Gasteiger partial charge on any atom is -0.459 e. The van der Waals surface area contributed by atoms with E-state index in [1.165, 1.54) is 34.4 Å². The van der Waals surface area contributed by atoms with Gasteiger partial charge >= 0.3 is 5.97 Å². The second kappa shape index (κ2) is 7.51. The van der Waals surface area contributed by atoms with E-state index >= 15 is 0 Å². The van der Waals surface area contributed by atoms with E-state index in [-0.39, 0.29) is 29.8 Å². The molecule has 0 radical (unpaired) electrons. The fourth-order valence-corrected chi connectivity index (χ4v) is 4.65. The Bertz CT molecular complexity index is 1130. The number of benzene rings is 1. The van der Waals surface area contributed by atoms with Gasteiger partial charge in [0.1, 0.15) is 6.61 Å². The maximum absolute atomic E-state index is 12.5. The summed E-state index contributed by atoms with van der Waals surface area (Å²) in [4.78, 5) is 41.4. The number of carbonyl (C=O) groups is 1. The zero-order valence-corrected chi connectivity index (χ0v) is 15.7. The molecule has 0 atom stereocenters. The number of hydrogen-bond donors (Lipinski definition) is 0. The normalized spacial score (nSPS) is 13.3. The molecule has 2 aromatic heterocycles. The van der Waals surface area contributed by atoms with Crippen LogP contribution in [0, 0.1) is 10.1 Å². The van der Waals surface area contributed by atoms with Gasteiger partial charge in [0, 0.05) is 28.3 Å². The Morgan fingerprint density at radius 3 is 2.89 bits per heavy atom. The highest BCUT2D eigenvalue weighted by Gasteiger charge is 2.19. The van der Waals surface area contributed by atoms with Crippen LogP contribution in [0.3, 0.4) is 0 Å². The number of aromatic nitrogens is 2. The van der Waals surface area contributed by atoms with Crippen LogP contribution in [-0.2, 0) is 35.4 Å². The van der Waals surface area contributed by atoms with Crippen LogP contribution in [-0.4, -0.2) is 20.3 Å². The first-order valence-corrected chi connectivity index (χ1v) is 9.76. The quantitative estimate of drug-likeness (QED) is 0.371. The van der Waals surface area contributed by atoms with Crippen LogP contribution in [0.1, 0.15) is 34.7 Å². The fourth-order valence-electron chi connectivity index (χ4n) is 3.42. The molecule has 0 amide bonds. The Hall–Kier alpha value is -3.07. The number of para-hydroxylation sites is 1. The van der Waals surface area contributed by atoms with E-state index in [0.29, 0.717) is 10.7 Å². The first-order valence-electron chi connectivity index (χ1n) is 8.94. The van der Waals surface area contributed by atoms with E-state index in [0.717, 1.165) is 31.4 Å². The van der Waals surface area contributed by atoms with Crippen molar-refractivity contribution in [1.82, 2.24) is 9.38 Å². The molecule has 0 saturated carbocycles. The van der Waals surface area contributed by atoms with E-state index in [4.69, 9.17) is 4.74 Å². The van der Waals surface area contributed by atoms with Crippen LogP contribution >= 0.6 is 11.3 Å². The topological polar surface area (TPSA) is 104 Å². The van der Waals surface area contributed by atoms with Crippen molar-refractivity contribution in [2.45, 2.75) is 38.7 Å². The van der Waals surface area contributed by atoms with E-state index in [1.807, 2.05) is 0 Å². The summed E-state index contributed by atoms with van der Waals surface area (Å²) in [7, 11) is 0. The van der Waals surface area contributed by atoms with Crippen molar-refractivity contribution in [2.24, 2.45) is 0 Å². The highest BCUT2D eigenvalue weighted by molar-refractivity contribution is 7.17. The van der Waals surface area contributed by atoms with Crippen molar-refractivity contribution in [3.05, 3.63) is 72.6 Å². The van der Waals surface area contributed by atoms with Crippen LogP contribution in [0.25, 0.3) is 4.96 Å². The van der Waals surface area contributed by atoms with Gasteiger partial charge in [-0.25, -0.2) is 4.98 Å². The Labute approximate surface area is 163 Å². The molecular formula is C19H17N3O5S. The summed E-state index contributed by atoms with van der Waals surface area (Å²) >= 11 is 1.51. The van der Waals surface area contributed by atoms with E-state index < -0.39 is 10.9 Å². The minimum absolute atomic E-state index is 0.124. The number of carbonyl (C=O) groups excluding carboxylic acids is 1. The lowest BCUT2D eigenvalue weighted by Gasteiger charge is -2.10. The van der Waals surface area contributed by atoms with Gasteiger partial charge in [-0.2, -0.15) is 0 Å². The minimum atomic E-state index is -0.609. The summed E-state index contributed by atoms with van der Waals surface area (Å²) in [6.07, 6.45) is 3.80. The molecule has 1 aliphatic carbocycles. The second-order valence-electron chi connectivity index (χ2n) is 6.61. The molecule has 2 heterocycles. The fraction of sp³-hybridized carbons (Fsp3) is 0.316. The number of fused-ring (bicyclic) bond motifs is 3. The van der Waals surface area contributed by atoms with Gasteiger partial charge in [-0.1, -0.05) is 18.2 Å². The van der Waals surface area contributed by atoms with Crippen LogP contribution in [0.5, 0.6) is 0 Å². The van der Waals surface area contributed by atoms with Crippen molar-refractivity contribution >= 4 is 28.0 Å². The van der Waals surface area contributed by atoms with Gasteiger partial charge in [0.15, 0.2) is 4.96 Å². The molecule has 0 N–H and O–H groups in total. The number of rotatable bonds is 5. The maximum atomic E-state index is 12.5. The van der Waals surface area contributed by atoms with Crippen molar-refractivity contribution < 1.29 is 14.5 Å². The van der Waals surface area contributed by atoms with Crippen LogP contribution in [0.2, 0.25) is 0 Å². The molecule has 1 aliphatic rings. The maximum Gasteiger partial charge on any atom is 0.310 e. The first-order chi connectivity index (χ1) is 13.5. The average molecular weight is 399 g/mol. The van der Waals surface area contributed by atoms with Crippen molar-refractivity contribution in [2.75, 3.05) is 0 Å². The molecule has 0 fully saturated rings. The summed E-state index contributed by atoms with van der Waals surface area (Å²) in [5, 5.41) is 11.0. The van der Waals surface area contributed by atoms with Gasteiger partial charge in [-0.15, -0.1) is 11.3 Å². The Morgan fingerprint density at radius 2 is 2.07 bits per heavy atom. The molecule has 3 aromatic rings. The average Bonchev–Trinajstić information content (AvgIpc) is 3.05. The molecule has 0 bridgehead atoms. The molecular weight excluding hydrogens is 382 g/mol. The van der Waals surface area contributed by atoms with Crippen LogP contribution in [0.15, 0.2) is 35.1 Å². The lowest BCUT2D eigenvalue weighted by molar-refractivity contribution is -0.385. The molecule has 9 heteroatoms. The molecule has 0 unspecified atom stereocenters. The number of ether oxygens (including phenoxy) is 1. The van der Waals surface area contributed by atoms with Gasteiger partial charge in [0.25, 0.3) is 11.2 Å². The van der Waals surface area contributed by atoms with Crippen LogP contribution in [0.4, 0.5) is 5.69 Å². The van der Waals surface area contributed by atoms with Crippen molar-refractivity contribution in [3.63, 3.8) is 0 Å². The largest absolute Gasteiger partial charge is 0.459 e. The summed E-state index contributed by atoms with van der Waals surface area (Å²) in [5.41, 5.74) is 1.41. The van der Waals surface area contributed by atoms with Crippen LogP contribution < -0.4 is 5.56 Å². The van der Waals surface area contributed by atoms with Gasteiger partial charge in [-0.3, -0.25) is 24.1 Å². The standard InChI is InChI=1S/C19H17N3O5S/c23-17-10-13(20-19-21(17)15-7-3-4-8-16(15)28-19)11-27-18(24)9-12-5-1-2-6-14(12)22(25)26/h1-2,5-6,10H,3-4,7-9,11H2. The zero-order valence-electron chi connectivity index (χ0n) is 14.9. The van der Waals surface area contributed by atoms with Gasteiger partial charge < -0.3 is 4.74 Å². The predicted molar refractivity (Wildman–Crippen MR) is 103 cm³/mol. The lowest BCUT2D eigenvalue weighted by atomic mass is 10.0. The molecule has 0 saturated heterocycles. The third-order valence-electron chi connectivity index (χ3n) is 4.72. The Morgan fingerprint density at radius 1 is 1.29 bits per heavy atom. The smallest absolute Gasteiger partial charge is 0.310 e. The van der Waals surface area contributed by atoms with E-state index in [2.05, 4.69) is 4.98 Å². The third kappa shape index (κ3) is 3.53. The summed E-state index contributed by atoms with van der Waals surface area (Å²) in [6.45, 7) is -0.145. The van der Waals surface area contributed by atoms with Crippen molar-refractivity contribution in [3.8, 4) is 0 Å². The SMILES string of the molecule is O=C(Cc1ccccc1[N+](=O)[O-])OCc1cc(=O)n2c3c(sc2n1)CCCC3. The molecule has 8 nitrogen and oxygen atoms in total. The molecule has 144 valence electrons. The Balaban J connectivity index is 1.49. The number of thiazole rings is 1. The monoisotopic (exact) mass is 399 g/mol.